The number of nitrogens with one attached hydrogen (secondary N) is 1. The Morgan fingerprint density at radius 2 is 1.95 bits per heavy atom. The van der Waals surface area contributed by atoms with Crippen LogP contribution in [0.25, 0.3) is 10.9 Å². The Balaban J connectivity index is 2.03. The number of aromatic hydroxyl groups is 1. The van der Waals surface area contributed by atoms with Gasteiger partial charge in [-0.15, -0.1) is 0 Å². The number of aromatic amines is 1. The number of halogens is 1. The highest BCUT2D eigenvalue weighted by molar-refractivity contribution is 6.03. The highest BCUT2D eigenvalue weighted by atomic mass is 19.1. The van der Waals surface area contributed by atoms with Gasteiger partial charge in [0.1, 0.15) is 11.6 Å². The molecule has 0 spiro atoms. The van der Waals surface area contributed by atoms with Crippen LogP contribution in [0, 0.1) is 5.82 Å². The van der Waals surface area contributed by atoms with Crippen molar-refractivity contribution in [2.75, 3.05) is 7.11 Å². The Morgan fingerprint density at radius 1 is 1.19 bits per heavy atom. The summed E-state index contributed by atoms with van der Waals surface area (Å²) in [5.41, 5.74) is 1.95. The lowest BCUT2D eigenvalue weighted by Gasteiger charge is -1.99. The summed E-state index contributed by atoms with van der Waals surface area (Å²) in [7, 11) is 1.58. The quantitative estimate of drug-likeness (QED) is 0.719. The van der Waals surface area contributed by atoms with E-state index in [9.17, 15) is 9.50 Å². The maximum Gasteiger partial charge on any atom is 0.198 e. The molecule has 0 saturated carbocycles. The zero-order valence-electron chi connectivity index (χ0n) is 11.3. The first kappa shape index (κ1) is 13.2. The van der Waals surface area contributed by atoms with Gasteiger partial charge in [-0.3, -0.25) is 4.99 Å². The normalized spacial score (nSPS) is 11.3. The fourth-order valence-corrected chi connectivity index (χ4v) is 2.10. The average molecular weight is 284 g/mol. The van der Waals surface area contributed by atoms with E-state index in [4.69, 9.17) is 4.74 Å². The lowest BCUT2D eigenvalue weighted by molar-refractivity contribution is 0.415. The van der Waals surface area contributed by atoms with Crippen LogP contribution in [0.2, 0.25) is 0 Å². The van der Waals surface area contributed by atoms with Crippen LogP contribution in [0.5, 0.6) is 11.6 Å². The first-order chi connectivity index (χ1) is 10.2. The van der Waals surface area contributed by atoms with Gasteiger partial charge in [0.2, 0.25) is 0 Å². The summed E-state index contributed by atoms with van der Waals surface area (Å²) in [6.45, 7) is 0. The molecule has 0 bridgehead atoms. The summed E-state index contributed by atoms with van der Waals surface area (Å²) in [5.74, 6) is 0.413. The molecule has 0 amide bonds. The second-order valence-electron chi connectivity index (χ2n) is 4.53. The van der Waals surface area contributed by atoms with Gasteiger partial charge in [0, 0.05) is 17.1 Å². The van der Waals surface area contributed by atoms with Crippen LogP contribution in [0.1, 0.15) is 5.56 Å². The number of nitrogens with zero attached hydrogens (tertiary/aromatic N) is 1. The largest absolute Gasteiger partial charge is 0.497 e. The Labute approximate surface area is 120 Å². The molecule has 1 aromatic heterocycles. The lowest BCUT2D eigenvalue weighted by atomic mass is 10.1. The molecule has 5 heteroatoms. The number of aliphatic imine (C=N–C) groups is 1. The van der Waals surface area contributed by atoms with E-state index in [1.807, 2.05) is 12.1 Å². The van der Waals surface area contributed by atoms with E-state index in [0.717, 1.165) is 10.9 Å². The zero-order valence-corrected chi connectivity index (χ0v) is 11.3. The van der Waals surface area contributed by atoms with E-state index in [0.29, 0.717) is 17.0 Å². The number of aromatic nitrogens is 1. The maximum atomic E-state index is 12.8. The number of hydrogen-bond donors (Lipinski definition) is 2. The van der Waals surface area contributed by atoms with Gasteiger partial charge in [0.25, 0.3) is 0 Å². The zero-order chi connectivity index (χ0) is 14.8. The molecule has 0 aliphatic heterocycles. The molecule has 0 atom stereocenters. The first-order valence-corrected chi connectivity index (χ1v) is 6.35. The predicted octanol–water partition coefficient (Wildman–Crippen LogP) is 3.77. The van der Waals surface area contributed by atoms with Gasteiger partial charge in [-0.2, -0.15) is 0 Å². The highest BCUT2D eigenvalue weighted by Gasteiger charge is 2.09. The van der Waals surface area contributed by atoms with Crippen molar-refractivity contribution in [1.29, 1.82) is 0 Å². The SMILES string of the molecule is COc1ccc2[nH]c(O)c(C=Nc3ccc(F)cc3)c2c1. The maximum absolute atomic E-state index is 12.8. The molecule has 0 aliphatic carbocycles. The van der Waals surface area contributed by atoms with E-state index < -0.39 is 0 Å². The van der Waals surface area contributed by atoms with Gasteiger partial charge in [0.05, 0.1) is 18.4 Å². The number of benzene rings is 2. The third-order valence-corrected chi connectivity index (χ3v) is 3.19. The number of methoxy groups -OCH3 is 1. The highest BCUT2D eigenvalue weighted by Crippen LogP contribution is 2.29. The van der Waals surface area contributed by atoms with Gasteiger partial charge in [0.15, 0.2) is 5.88 Å². The number of H-pyrrole nitrogens is 1. The van der Waals surface area contributed by atoms with Gasteiger partial charge < -0.3 is 14.8 Å². The van der Waals surface area contributed by atoms with Crippen LogP contribution >= 0.6 is 0 Å². The molecular formula is C16H13FN2O2. The predicted molar refractivity (Wildman–Crippen MR) is 80.2 cm³/mol. The molecule has 106 valence electrons. The van der Waals surface area contributed by atoms with E-state index in [2.05, 4.69) is 9.98 Å². The molecule has 0 radical (unpaired) electrons. The molecule has 3 aromatic rings. The van der Waals surface area contributed by atoms with Crippen molar-refractivity contribution < 1.29 is 14.2 Å². The van der Waals surface area contributed by atoms with Crippen molar-refractivity contribution in [1.82, 2.24) is 4.98 Å². The van der Waals surface area contributed by atoms with Gasteiger partial charge in [-0.25, -0.2) is 4.39 Å². The standard InChI is InChI=1S/C16H13FN2O2/c1-21-12-6-7-15-13(8-12)14(16(20)19-15)9-18-11-4-2-10(17)3-5-11/h2-9,19-20H,1H3. The molecule has 1 heterocycles. The van der Waals surface area contributed by atoms with Crippen LogP contribution in [0.3, 0.4) is 0 Å². The minimum absolute atomic E-state index is 0.0316. The summed E-state index contributed by atoms with van der Waals surface area (Å²) in [5, 5.41) is 10.8. The molecule has 21 heavy (non-hydrogen) atoms. The summed E-state index contributed by atoms with van der Waals surface area (Å²) < 4.78 is 18.0. The number of hydrogen-bond acceptors (Lipinski definition) is 3. The third kappa shape index (κ3) is 2.58. The van der Waals surface area contributed by atoms with Crippen LogP contribution in [-0.4, -0.2) is 23.4 Å². The van der Waals surface area contributed by atoms with Gasteiger partial charge in [-0.05, 0) is 42.5 Å². The fourth-order valence-electron chi connectivity index (χ4n) is 2.10. The van der Waals surface area contributed by atoms with E-state index in [1.165, 1.54) is 12.1 Å². The fraction of sp³-hybridized carbons (Fsp3) is 0.0625. The Morgan fingerprint density at radius 3 is 2.67 bits per heavy atom. The second kappa shape index (κ2) is 5.28. The van der Waals surface area contributed by atoms with E-state index >= 15 is 0 Å². The monoisotopic (exact) mass is 284 g/mol. The third-order valence-electron chi connectivity index (χ3n) is 3.19. The molecule has 4 nitrogen and oxygen atoms in total. The topological polar surface area (TPSA) is 57.6 Å². The summed E-state index contributed by atoms with van der Waals surface area (Å²) in [6, 6.07) is 11.3. The molecule has 2 N–H and O–H groups in total. The molecule has 0 saturated heterocycles. The minimum Gasteiger partial charge on any atom is -0.497 e. The number of ether oxygens (including phenoxy) is 1. The van der Waals surface area contributed by atoms with E-state index in [-0.39, 0.29) is 11.7 Å². The van der Waals surface area contributed by atoms with Crippen LogP contribution < -0.4 is 4.74 Å². The number of fused-ring (bicyclic) bond motifs is 1. The molecule has 0 fully saturated rings. The van der Waals surface area contributed by atoms with Crippen molar-refractivity contribution in [2.24, 2.45) is 4.99 Å². The summed E-state index contributed by atoms with van der Waals surface area (Å²) >= 11 is 0. The molecular weight excluding hydrogens is 271 g/mol. The Hall–Kier alpha value is -2.82. The van der Waals surface area contributed by atoms with Crippen molar-refractivity contribution in [2.45, 2.75) is 0 Å². The molecule has 2 aromatic carbocycles. The van der Waals surface area contributed by atoms with E-state index in [1.54, 1.807) is 31.5 Å². The van der Waals surface area contributed by atoms with Crippen molar-refractivity contribution >= 4 is 22.8 Å². The van der Waals surface area contributed by atoms with Crippen LogP contribution in [0.15, 0.2) is 47.5 Å². The Bertz CT molecular complexity index is 807. The van der Waals surface area contributed by atoms with Crippen molar-refractivity contribution in [3.8, 4) is 11.6 Å². The van der Waals surface area contributed by atoms with Gasteiger partial charge in [-0.1, -0.05) is 0 Å². The lowest BCUT2D eigenvalue weighted by Crippen LogP contribution is -1.83. The van der Waals surface area contributed by atoms with Crippen LogP contribution in [-0.2, 0) is 0 Å². The second-order valence-corrected chi connectivity index (χ2v) is 4.53. The number of rotatable bonds is 3. The smallest absolute Gasteiger partial charge is 0.198 e. The first-order valence-electron chi connectivity index (χ1n) is 6.35. The van der Waals surface area contributed by atoms with Crippen molar-refractivity contribution in [3.05, 3.63) is 53.8 Å². The molecule has 0 aliphatic rings. The van der Waals surface area contributed by atoms with Crippen LogP contribution in [0.4, 0.5) is 10.1 Å². The van der Waals surface area contributed by atoms with Crippen molar-refractivity contribution in [3.63, 3.8) is 0 Å². The summed E-state index contributed by atoms with van der Waals surface area (Å²) in [4.78, 5) is 7.12. The summed E-state index contributed by atoms with van der Waals surface area (Å²) in [6.07, 6.45) is 1.54. The molecule has 0 unspecified atom stereocenters. The van der Waals surface area contributed by atoms with Gasteiger partial charge >= 0.3 is 0 Å². The average Bonchev–Trinajstić information content (AvgIpc) is 2.81. The minimum atomic E-state index is -0.311. The Kier molecular flexibility index (Phi) is 3.31. The molecule has 3 rings (SSSR count).